The van der Waals surface area contributed by atoms with Crippen LogP contribution in [0.15, 0.2) is 41.4 Å². The molecule has 0 bridgehead atoms. The van der Waals surface area contributed by atoms with Crippen molar-refractivity contribution in [1.29, 1.82) is 0 Å². The monoisotopic (exact) mass is 388 g/mol. The molecule has 2 heterocycles. The number of fused-ring (bicyclic) bond motifs is 1. The smallest absolute Gasteiger partial charge is 0.128 e. The normalized spacial score (nSPS) is 18.0. The van der Waals surface area contributed by atoms with Crippen LogP contribution < -0.4 is 16.0 Å². The number of piperidine rings is 1. The average molecular weight is 389 g/mol. The standard InChI is InChI=1S/C20H22Cl2N4/c1-13-3-2-4-14(9-13)12-24-19-20(5-7-23-8-6-20)26-18-11-16(22)15(21)10-17(18)25-19/h2-4,9-11,23,26H,5-8,12H2,1H3,(H,24,25). The molecule has 0 amide bonds. The van der Waals surface area contributed by atoms with Crippen molar-refractivity contribution in [2.24, 2.45) is 4.99 Å². The molecule has 1 saturated heterocycles. The molecule has 1 spiro atoms. The molecule has 0 unspecified atom stereocenters. The number of aliphatic imine (C=N–C) groups is 1. The third kappa shape index (κ3) is 3.41. The third-order valence-corrected chi connectivity index (χ3v) is 5.82. The zero-order valence-corrected chi connectivity index (χ0v) is 16.2. The maximum Gasteiger partial charge on any atom is 0.128 e. The molecule has 2 aliphatic heterocycles. The van der Waals surface area contributed by atoms with Crippen molar-refractivity contribution >= 4 is 40.4 Å². The van der Waals surface area contributed by atoms with Gasteiger partial charge >= 0.3 is 0 Å². The highest BCUT2D eigenvalue weighted by Gasteiger charge is 2.40. The first kappa shape index (κ1) is 17.7. The lowest BCUT2D eigenvalue weighted by atomic mass is 9.85. The Kier molecular flexibility index (Phi) is 4.82. The Morgan fingerprint density at radius 1 is 1.12 bits per heavy atom. The van der Waals surface area contributed by atoms with Crippen molar-refractivity contribution in [3.8, 4) is 0 Å². The van der Waals surface area contributed by atoms with Crippen LogP contribution in [-0.2, 0) is 6.54 Å². The van der Waals surface area contributed by atoms with Crippen LogP contribution in [0.3, 0.4) is 0 Å². The van der Waals surface area contributed by atoms with Crippen molar-refractivity contribution in [2.45, 2.75) is 31.8 Å². The molecule has 6 heteroatoms. The summed E-state index contributed by atoms with van der Waals surface area (Å²) < 4.78 is 0. The number of hydrogen-bond donors (Lipinski definition) is 3. The molecular weight excluding hydrogens is 367 g/mol. The third-order valence-electron chi connectivity index (χ3n) is 5.10. The summed E-state index contributed by atoms with van der Waals surface area (Å²) in [4.78, 5) is 4.93. The molecular formula is C20H22Cl2N4. The molecule has 136 valence electrons. The van der Waals surface area contributed by atoms with Crippen molar-refractivity contribution in [3.63, 3.8) is 0 Å². The van der Waals surface area contributed by atoms with Crippen molar-refractivity contribution in [3.05, 3.63) is 57.6 Å². The fourth-order valence-corrected chi connectivity index (χ4v) is 4.03. The van der Waals surface area contributed by atoms with E-state index in [0.717, 1.165) is 49.7 Å². The van der Waals surface area contributed by atoms with E-state index in [1.807, 2.05) is 12.1 Å². The summed E-state index contributed by atoms with van der Waals surface area (Å²) in [6.45, 7) is 4.76. The number of rotatable bonds is 2. The molecule has 3 N–H and O–H groups in total. The van der Waals surface area contributed by atoms with Crippen molar-refractivity contribution < 1.29 is 0 Å². The first-order valence-electron chi connectivity index (χ1n) is 8.92. The van der Waals surface area contributed by atoms with E-state index in [-0.39, 0.29) is 5.54 Å². The second-order valence-electron chi connectivity index (χ2n) is 7.04. The van der Waals surface area contributed by atoms with E-state index in [1.54, 1.807) is 0 Å². The molecule has 0 aromatic heterocycles. The Morgan fingerprint density at radius 2 is 1.88 bits per heavy atom. The molecule has 26 heavy (non-hydrogen) atoms. The average Bonchev–Trinajstić information content (AvgIpc) is 2.62. The van der Waals surface area contributed by atoms with Gasteiger partial charge in [0.25, 0.3) is 0 Å². The topological polar surface area (TPSA) is 48.5 Å². The lowest BCUT2D eigenvalue weighted by molar-refractivity contribution is 0.412. The van der Waals surface area contributed by atoms with Crippen LogP contribution >= 0.6 is 23.2 Å². The van der Waals surface area contributed by atoms with Crippen LogP contribution in [0.4, 0.5) is 11.4 Å². The quantitative estimate of drug-likeness (QED) is 0.700. The van der Waals surface area contributed by atoms with E-state index < -0.39 is 0 Å². The Balaban J connectivity index is 1.67. The molecule has 2 aromatic carbocycles. The predicted molar refractivity (Wildman–Crippen MR) is 110 cm³/mol. The van der Waals surface area contributed by atoms with Crippen LogP contribution in [0.1, 0.15) is 24.0 Å². The van der Waals surface area contributed by atoms with Crippen molar-refractivity contribution in [1.82, 2.24) is 10.6 Å². The second kappa shape index (κ2) is 7.10. The first-order valence-corrected chi connectivity index (χ1v) is 9.68. The molecule has 0 aliphatic carbocycles. The molecule has 2 aromatic rings. The van der Waals surface area contributed by atoms with Crippen LogP contribution in [0.25, 0.3) is 0 Å². The summed E-state index contributed by atoms with van der Waals surface area (Å²) in [5.41, 5.74) is 4.09. The number of nitrogens with one attached hydrogen (secondary N) is 3. The van der Waals surface area contributed by atoms with Gasteiger partial charge in [-0.2, -0.15) is 0 Å². The molecule has 0 radical (unpaired) electrons. The summed E-state index contributed by atoms with van der Waals surface area (Å²) in [6.07, 6.45) is 1.93. The van der Waals surface area contributed by atoms with Gasteiger partial charge in [-0.3, -0.25) is 0 Å². The van der Waals surface area contributed by atoms with Gasteiger partial charge in [-0.15, -0.1) is 0 Å². The highest BCUT2D eigenvalue weighted by molar-refractivity contribution is 6.42. The van der Waals surface area contributed by atoms with Gasteiger partial charge in [0.2, 0.25) is 0 Å². The van der Waals surface area contributed by atoms with E-state index in [4.69, 9.17) is 28.2 Å². The summed E-state index contributed by atoms with van der Waals surface area (Å²) in [7, 11) is 0. The summed E-state index contributed by atoms with van der Waals surface area (Å²) in [6, 6.07) is 12.2. The summed E-state index contributed by atoms with van der Waals surface area (Å²) in [5, 5.41) is 11.8. The number of halogens is 2. The molecule has 0 saturated carbocycles. The van der Waals surface area contributed by atoms with E-state index in [1.165, 1.54) is 11.1 Å². The minimum Gasteiger partial charge on any atom is -0.371 e. The Hall–Kier alpha value is -1.75. The van der Waals surface area contributed by atoms with Gasteiger partial charge in [0.1, 0.15) is 5.84 Å². The Morgan fingerprint density at radius 3 is 2.65 bits per heavy atom. The van der Waals surface area contributed by atoms with Crippen LogP contribution in [0.2, 0.25) is 10.0 Å². The van der Waals surface area contributed by atoms with Gasteiger partial charge < -0.3 is 16.0 Å². The van der Waals surface area contributed by atoms with Crippen LogP contribution in [0.5, 0.6) is 0 Å². The maximum absolute atomic E-state index is 6.22. The molecule has 4 nitrogen and oxygen atoms in total. The molecule has 0 atom stereocenters. The number of amidine groups is 1. The molecule has 2 aliphatic rings. The van der Waals surface area contributed by atoms with E-state index in [0.29, 0.717) is 10.0 Å². The van der Waals surface area contributed by atoms with Gasteiger partial charge in [-0.25, -0.2) is 4.99 Å². The zero-order valence-electron chi connectivity index (χ0n) is 14.7. The predicted octanol–water partition coefficient (Wildman–Crippen LogP) is 4.67. The lowest BCUT2D eigenvalue weighted by Crippen LogP contribution is -2.58. The van der Waals surface area contributed by atoms with Gasteiger partial charge in [-0.1, -0.05) is 53.0 Å². The van der Waals surface area contributed by atoms with Gasteiger partial charge in [0.05, 0.1) is 27.0 Å². The van der Waals surface area contributed by atoms with E-state index >= 15 is 0 Å². The van der Waals surface area contributed by atoms with Crippen LogP contribution in [0, 0.1) is 6.92 Å². The Labute approximate surface area is 164 Å². The number of nitrogens with zero attached hydrogens (tertiary/aromatic N) is 1. The maximum atomic E-state index is 6.22. The minimum absolute atomic E-state index is 0.195. The first-order chi connectivity index (χ1) is 12.6. The number of benzene rings is 2. The number of hydrogen-bond acceptors (Lipinski definition) is 4. The van der Waals surface area contributed by atoms with Gasteiger partial charge in [-0.05, 0) is 50.6 Å². The highest BCUT2D eigenvalue weighted by atomic mass is 35.5. The SMILES string of the molecule is Cc1cccc(CNC2=Nc3cc(Cl)c(Cl)cc3NC23CCNCC3)c1. The van der Waals surface area contributed by atoms with Crippen molar-refractivity contribution in [2.75, 3.05) is 18.4 Å². The molecule has 4 rings (SSSR count). The van der Waals surface area contributed by atoms with E-state index in [2.05, 4.69) is 47.1 Å². The number of anilines is 1. The fourth-order valence-electron chi connectivity index (χ4n) is 3.71. The fraction of sp³-hybridized carbons (Fsp3) is 0.350. The number of aryl methyl sites for hydroxylation is 1. The Bertz CT molecular complexity index is 857. The van der Waals surface area contributed by atoms with Gasteiger partial charge in [0.15, 0.2) is 0 Å². The van der Waals surface area contributed by atoms with E-state index in [9.17, 15) is 0 Å². The highest BCUT2D eigenvalue weighted by Crippen LogP contribution is 2.41. The minimum atomic E-state index is -0.195. The zero-order chi connectivity index (χ0) is 18.1. The second-order valence-corrected chi connectivity index (χ2v) is 7.86. The van der Waals surface area contributed by atoms with Crippen LogP contribution in [-0.4, -0.2) is 24.5 Å². The summed E-state index contributed by atoms with van der Waals surface area (Å²) >= 11 is 12.4. The molecule has 1 fully saturated rings. The van der Waals surface area contributed by atoms with Gasteiger partial charge in [0, 0.05) is 6.54 Å². The summed E-state index contributed by atoms with van der Waals surface area (Å²) in [5.74, 6) is 0.978. The lowest BCUT2D eigenvalue weighted by Gasteiger charge is -2.43. The largest absolute Gasteiger partial charge is 0.371 e.